The lowest BCUT2D eigenvalue weighted by atomic mass is 10.0. The van der Waals surface area contributed by atoms with E-state index in [0.717, 1.165) is 11.3 Å². The Morgan fingerprint density at radius 1 is 1.33 bits per heavy atom. The van der Waals surface area contributed by atoms with Gasteiger partial charge in [0, 0.05) is 33.1 Å². The fourth-order valence-corrected chi connectivity index (χ4v) is 5.15. The van der Waals surface area contributed by atoms with E-state index < -0.39 is 0 Å². The summed E-state index contributed by atoms with van der Waals surface area (Å²) in [7, 11) is 0. The average molecular weight is 285 g/mol. The molecule has 1 fully saturated rings. The van der Waals surface area contributed by atoms with E-state index in [1.165, 1.54) is 6.07 Å². The van der Waals surface area contributed by atoms with Gasteiger partial charge in [0.05, 0.1) is 0 Å². The minimum Gasteiger partial charge on any atom is -0.323 e. The maximum absolute atomic E-state index is 13.9. The van der Waals surface area contributed by atoms with Crippen LogP contribution in [0.1, 0.15) is 31.0 Å². The highest BCUT2D eigenvalue weighted by Gasteiger charge is 2.31. The molecule has 0 aromatic heterocycles. The van der Waals surface area contributed by atoms with Gasteiger partial charge in [-0.15, -0.1) is 0 Å². The van der Waals surface area contributed by atoms with Gasteiger partial charge in [0.25, 0.3) is 0 Å². The van der Waals surface area contributed by atoms with E-state index in [1.807, 2.05) is 36.5 Å². The van der Waals surface area contributed by atoms with E-state index in [0.29, 0.717) is 21.3 Å². The second-order valence-corrected chi connectivity index (χ2v) is 8.00. The molecule has 4 heteroatoms. The molecule has 18 heavy (non-hydrogen) atoms. The standard InChI is InChI=1S/C14H20FNS2/c1-8-4-5-12(15)11(6-8)14(16)13-7-17-9(2)10(3)18-13/h4-6,9-10,13-14H,7,16H2,1-3H3. The van der Waals surface area contributed by atoms with Crippen LogP contribution in [0.2, 0.25) is 0 Å². The van der Waals surface area contributed by atoms with Crippen molar-refractivity contribution in [2.24, 2.45) is 5.73 Å². The average Bonchev–Trinajstić information content (AvgIpc) is 2.35. The van der Waals surface area contributed by atoms with Gasteiger partial charge >= 0.3 is 0 Å². The van der Waals surface area contributed by atoms with E-state index in [4.69, 9.17) is 5.73 Å². The maximum atomic E-state index is 13.9. The molecule has 2 N–H and O–H groups in total. The molecule has 2 rings (SSSR count). The van der Waals surface area contributed by atoms with Crippen molar-refractivity contribution in [1.82, 2.24) is 0 Å². The van der Waals surface area contributed by atoms with E-state index in [9.17, 15) is 4.39 Å². The highest BCUT2D eigenvalue weighted by molar-refractivity contribution is 8.07. The molecule has 1 saturated heterocycles. The van der Waals surface area contributed by atoms with Gasteiger partial charge in [-0.2, -0.15) is 23.5 Å². The maximum Gasteiger partial charge on any atom is 0.128 e. The van der Waals surface area contributed by atoms with Gasteiger partial charge in [-0.3, -0.25) is 0 Å². The zero-order chi connectivity index (χ0) is 13.3. The summed E-state index contributed by atoms with van der Waals surface area (Å²) in [6.07, 6.45) is 0. The summed E-state index contributed by atoms with van der Waals surface area (Å²) in [5, 5.41) is 1.53. The van der Waals surface area contributed by atoms with Crippen molar-refractivity contribution in [3.63, 3.8) is 0 Å². The molecule has 1 aromatic carbocycles. The van der Waals surface area contributed by atoms with Crippen molar-refractivity contribution in [3.8, 4) is 0 Å². The molecule has 0 aliphatic carbocycles. The molecular weight excluding hydrogens is 265 g/mol. The Kier molecular flexibility index (Phi) is 4.62. The fraction of sp³-hybridized carbons (Fsp3) is 0.571. The zero-order valence-electron chi connectivity index (χ0n) is 11.0. The van der Waals surface area contributed by atoms with Crippen molar-refractivity contribution in [3.05, 3.63) is 35.1 Å². The molecule has 1 nitrogen and oxygen atoms in total. The van der Waals surface area contributed by atoms with Crippen molar-refractivity contribution >= 4 is 23.5 Å². The summed E-state index contributed by atoms with van der Waals surface area (Å²) in [4.78, 5) is 0. The van der Waals surface area contributed by atoms with Gasteiger partial charge in [0.2, 0.25) is 0 Å². The lowest BCUT2D eigenvalue weighted by Gasteiger charge is -2.34. The van der Waals surface area contributed by atoms with Crippen molar-refractivity contribution < 1.29 is 4.39 Å². The molecule has 1 aliphatic rings. The number of thioether (sulfide) groups is 2. The Labute approximate surface area is 117 Å². The first-order valence-corrected chi connectivity index (χ1v) is 8.27. The van der Waals surface area contributed by atoms with Gasteiger partial charge in [-0.25, -0.2) is 4.39 Å². The molecule has 4 unspecified atom stereocenters. The second kappa shape index (κ2) is 5.85. The third kappa shape index (κ3) is 3.03. The Bertz CT molecular complexity index is 424. The third-order valence-electron chi connectivity index (χ3n) is 3.49. The summed E-state index contributed by atoms with van der Waals surface area (Å²) in [5.74, 6) is 0.829. The van der Waals surface area contributed by atoms with Crippen LogP contribution < -0.4 is 5.73 Å². The van der Waals surface area contributed by atoms with E-state index in [2.05, 4.69) is 13.8 Å². The first kappa shape index (κ1) is 14.2. The second-order valence-electron chi connectivity index (χ2n) is 4.97. The number of hydrogen-bond donors (Lipinski definition) is 1. The van der Waals surface area contributed by atoms with Crippen LogP contribution in [-0.4, -0.2) is 21.5 Å². The molecule has 100 valence electrons. The Balaban J connectivity index is 2.16. The number of nitrogens with two attached hydrogens (primary N) is 1. The zero-order valence-corrected chi connectivity index (χ0v) is 12.7. The van der Waals surface area contributed by atoms with Gasteiger partial charge in [-0.1, -0.05) is 31.5 Å². The monoisotopic (exact) mass is 285 g/mol. The first-order chi connectivity index (χ1) is 8.49. The summed E-state index contributed by atoms with van der Waals surface area (Å²) < 4.78 is 13.9. The number of halogens is 1. The summed E-state index contributed by atoms with van der Waals surface area (Å²) >= 11 is 3.84. The van der Waals surface area contributed by atoms with Crippen molar-refractivity contribution in [1.29, 1.82) is 0 Å². The van der Waals surface area contributed by atoms with Crippen LogP contribution in [-0.2, 0) is 0 Å². The highest BCUT2D eigenvalue weighted by atomic mass is 32.2. The van der Waals surface area contributed by atoms with Crippen LogP contribution >= 0.6 is 23.5 Å². The van der Waals surface area contributed by atoms with Crippen LogP contribution in [0.15, 0.2) is 18.2 Å². The quantitative estimate of drug-likeness (QED) is 0.896. The molecule has 4 atom stereocenters. The Morgan fingerprint density at radius 2 is 2.06 bits per heavy atom. The van der Waals surface area contributed by atoms with Gasteiger partial charge in [0.15, 0.2) is 0 Å². The van der Waals surface area contributed by atoms with Crippen LogP contribution in [0.3, 0.4) is 0 Å². The van der Waals surface area contributed by atoms with Crippen molar-refractivity contribution in [2.45, 2.75) is 42.6 Å². The van der Waals surface area contributed by atoms with E-state index >= 15 is 0 Å². The molecule has 1 aromatic rings. The summed E-state index contributed by atoms with van der Waals surface area (Å²) in [6.45, 7) is 6.45. The molecule has 0 bridgehead atoms. The van der Waals surface area contributed by atoms with Crippen LogP contribution in [0.4, 0.5) is 4.39 Å². The lowest BCUT2D eigenvalue weighted by molar-refractivity contribution is 0.578. The molecule has 0 amide bonds. The number of hydrogen-bond acceptors (Lipinski definition) is 3. The SMILES string of the molecule is Cc1ccc(F)c(C(N)C2CSC(C)C(C)S2)c1. The van der Waals surface area contributed by atoms with E-state index in [1.54, 1.807) is 6.07 Å². The number of benzene rings is 1. The van der Waals surface area contributed by atoms with Gasteiger partial charge in [-0.05, 0) is 13.0 Å². The molecule has 0 saturated carbocycles. The lowest BCUT2D eigenvalue weighted by Crippen LogP contribution is -2.34. The summed E-state index contributed by atoms with van der Waals surface area (Å²) in [5.41, 5.74) is 8.00. The van der Waals surface area contributed by atoms with Crippen LogP contribution in [0.5, 0.6) is 0 Å². The Morgan fingerprint density at radius 3 is 2.72 bits per heavy atom. The first-order valence-electron chi connectivity index (χ1n) is 6.27. The van der Waals surface area contributed by atoms with E-state index in [-0.39, 0.29) is 11.9 Å². The molecule has 0 spiro atoms. The third-order valence-corrected chi connectivity index (χ3v) is 7.00. The van der Waals surface area contributed by atoms with Crippen molar-refractivity contribution in [2.75, 3.05) is 5.75 Å². The van der Waals surface area contributed by atoms with Crippen LogP contribution in [0, 0.1) is 12.7 Å². The predicted molar refractivity (Wildman–Crippen MR) is 80.8 cm³/mol. The minimum absolute atomic E-state index is 0.176. The van der Waals surface area contributed by atoms with Gasteiger partial charge in [0.1, 0.15) is 5.82 Å². The minimum atomic E-state index is -0.211. The number of aryl methyl sites for hydroxylation is 1. The van der Waals surface area contributed by atoms with Crippen LogP contribution in [0.25, 0.3) is 0 Å². The molecule has 0 radical (unpaired) electrons. The molecule has 1 aliphatic heterocycles. The molecular formula is C14H20FNS2. The fourth-order valence-electron chi connectivity index (χ4n) is 2.11. The summed E-state index contributed by atoms with van der Waals surface area (Å²) in [6, 6.07) is 4.99. The Hall–Kier alpha value is -0.190. The number of rotatable bonds is 2. The smallest absolute Gasteiger partial charge is 0.128 e. The highest BCUT2D eigenvalue weighted by Crippen LogP contribution is 2.40. The van der Waals surface area contributed by atoms with Gasteiger partial charge < -0.3 is 5.73 Å². The topological polar surface area (TPSA) is 26.0 Å². The largest absolute Gasteiger partial charge is 0.323 e. The predicted octanol–water partition coefficient (Wildman–Crippen LogP) is 3.76. The molecule has 1 heterocycles. The normalized spacial score (nSPS) is 30.2.